The number of fused-ring (bicyclic) bond motifs is 1. The summed E-state index contributed by atoms with van der Waals surface area (Å²) in [7, 11) is 2.79. The van der Waals surface area contributed by atoms with Crippen LogP contribution >= 0.6 is 0 Å². The van der Waals surface area contributed by atoms with E-state index in [1.54, 1.807) is 38.1 Å². The predicted molar refractivity (Wildman–Crippen MR) is 232 cm³/mol. The zero-order valence-corrected chi connectivity index (χ0v) is 37.8. The number of nitrogens with zero attached hydrogens (tertiary/aromatic N) is 4. The molecule has 3 aliphatic heterocycles. The number of carbonyl (C=O) groups excluding carboxylic acids is 10. The fourth-order valence-electron chi connectivity index (χ4n) is 7.31. The minimum atomic E-state index is -1.74. The molecule has 10 N–H and O–H groups in total. The molecule has 3 heterocycles. The second-order valence-electron chi connectivity index (χ2n) is 16.7. The molecule has 3 fully saturated rings. The van der Waals surface area contributed by atoms with Gasteiger partial charge in [0.05, 0.1) is 6.04 Å². The van der Waals surface area contributed by atoms with Gasteiger partial charge in [-0.15, -0.1) is 0 Å². The lowest BCUT2D eigenvalue weighted by Gasteiger charge is -2.44. The maximum atomic E-state index is 13.5. The Morgan fingerprint density at radius 3 is 2.13 bits per heavy atom. The van der Waals surface area contributed by atoms with Crippen LogP contribution in [0.3, 0.4) is 0 Å². The first-order valence-electron chi connectivity index (χ1n) is 22.4. The molecule has 0 bridgehead atoms. The van der Waals surface area contributed by atoms with Crippen molar-refractivity contribution >= 4 is 65.3 Å². The Bertz CT molecular complexity index is 2030. The summed E-state index contributed by atoms with van der Waals surface area (Å²) >= 11 is 0. The van der Waals surface area contributed by atoms with Crippen molar-refractivity contribution in [1.29, 1.82) is 0 Å². The van der Waals surface area contributed by atoms with Crippen LogP contribution < -0.4 is 32.3 Å². The molecule has 1 aromatic rings. The standard InChI is InChI=1S/C42H62N10O15/c1-23(2)31(47-28(53)10-6-5-7-18-51-29(54)15-16-30(51)55)37(60)46-26(9-8-17-44-40(43)63)36(59)45-25-13-11-24(12-14-25)21-66-41(64)49(3)19-20-50(4)42(65)67-22-27-32(56)33(57)34(58)35-48-38(61)39(62)52(27)35/h11-14,23,26-27,31-35,56-58H,5-10,15-22H2,1-4H3,(H,45,59)(H,46,60)(H,47,53)(H,48,61)(H3,43,44,63)/t26-,27+,31-,32+,33-,34-,35-/m0/s1/i15T/t15?,26-,27+,31-,32+,33-,34-,35-. The molecule has 370 valence electrons. The molecule has 3 saturated heterocycles. The van der Waals surface area contributed by atoms with Gasteiger partial charge < -0.3 is 71.8 Å². The van der Waals surface area contributed by atoms with Crippen molar-refractivity contribution in [3.8, 4) is 0 Å². The molecule has 1 aromatic carbocycles. The molecule has 67 heavy (non-hydrogen) atoms. The third-order valence-corrected chi connectivity index (χ3v) is 11.3. The van der Waals surface area contributed by atoms with Crippen LogP contribution in [0.25, 0.3) is 0 Å². The number of hydrogen-bond acceptors (Lipinski definition) is 15. The van der Waals surface area contributed by atoms with E-state index >= 15 is 0 Å². The lowest BCUT2D eigenvalue weighted by atomic mass is 9.92. The van der Waals surface area contributed by atoms with Crippen molar-refractivity contribution < 1.29 is 74.1 Å². The molecule has 0 aromatic heterocycles. The number of amides is 11. The summed E-state index contributed by atoms with van der Waals surface area (Å²) in [4.78, 5) is 129. The number of carbonyl (C=O) groups is 10. The smallest absolute Gasteiger partial charge is 0.409 e. The van der Waals surface area contributed by atoms with Crippen LogP contribution in [0.15, 0.2) is 24.3 Å². The van der Waals surface area contributed by atoms with Crippen LogP contribution in [-0.4, -0.2) is 184 Å². The number of aliphatic hydroxyl groups is 3. The van der Waals surface area contributed by atoms with Gasteiger partial charge in [-0.2, -0.15) is 0 Å². The number of hydrogen-bond donors (Lipinski definition) is 9. The Balaban J connectivity index is 1.22. The number of anilines is 1. The molecule has 0 radical (unpaired) electrons. The van der Waals surface area contributed by atoms with Crippen LogP contribution in [-0.2, 0) is 49.6 Å². The van der Waals surface area contributed by atoms with Crippen LogP contribution in [0, 0.1) is 5.92 Å². The van der Waals surface area contributed by atoms with Crippen LogP contribution in [0.4, 0.5) is 20.1 Å². The van der Waals surface area contributed by atoms with E-state index < -0.39 is 109 Å². The topological polar surface area (TPSA) is 349 Å². The van der Waals surface area contributed by atoms with Crippen molar-refractivity contribution in [2.24, 2.45) is 11.7 Å². The van der Waals surface area contributed by atoms with Crippen molar-refractivity contribution in [3.05, 3.63) is 29.8 Å². The van der Waals surface area contributed by atoms with E-state index in [1.807, 2.05) is 0 Å². The van der Waals surface area contributed by atoms with E-state index in [1.165, 1.54) is 19.0 Å². The van der Waals surface area contributed by atoms with Crippen molar-refractivity contribution in [2.45, 2.75) is 114 Å². The molecular formula is C42H62N10O15. The molecule has 11 amide bonds. The van der Waals surface area contributed by atoms with Gasteiger partial charge in [-0.3, -0.25) is 38.5 Å². The molecule has 4 rings (SSSR count). The van der Waals surface area contributed by atoms with E-state index in [9.17, 15) is 63.3 Å². The monoisotopic (exact) mass is 948 g/mol. The maximum absolute atomic E-state index is 13.5. The first kappa shape index (κ1) is 51.4. The largest absolute Gasteiger partial charge is 0.447 e. The minimum Gasteiger partial charge on any atom is -0.447 e. The van der Waals surface area contributed by atoms with Gasteiger partial charge in [-0.1, -0.05) is 32.4 Å². The second-order valence-corrected chi connectivity index (χ2v) is 16.7. The molecule has 0 saturated carbocycles. The second kappa shape index (κ2) is 24.8. The van der Waals surface area contributed by atoms with E-state index in [0.717, 1.165) is 14.7 Å². The van der Waals surface area contributed by atoms with Gasteiger partial charge in [0.2, 0.25) is 29.5 Å². The van der Waals surface area contributed by atoms with E-state index in [-0.39, 0.29) is 70.3 Å². The molecule has 0 spiro atoms. The maximum Gasteiger partial charge on any atom is 0.409 e. The Hall–Kier alpha value is -6.60. The Labute approximate surface area is 387 Å². The fourth-order valence-corrected chi connectivity index (χ4v) is 7.31. The third kappa shape index (κ3) is 15.0. The number of nitrogens with one attached hydrogen (secondary N) is 5. The van der Waals surface area contributed by atoms with Gasteiger partial charge in [0.25, 0.3) is 0 Å². The highest BCUT2D eigenvalue weighted by Crippen LogP contribution is 2.27. The first-order chi connectivity index (χ1) is 32.1. The number of aliphatic hydroxyl groups excluding tert-OH is 3. The zero-order chi connectivity index (χ0) is 50.4. The third-order valence-electron chi connectivity index (χ3n) is 11.3. The molecule has 25 heteroatoms. The Morgan fingerprint density at radius 2 is 1.52 bits per heavy atom. The van der Waals surface area contributed by atoms with Gasteiger partial charge >= 0.3 is 30.0 Å². The van der Waals surface area contributed by atoms with Crippen molar-refractivity contribution in [1.82, 2.24) is 40.9 Å². The summed E-state index contributed by atoms with van der Waals surface area (Å²) in [6.07, 6.45) is -7.51. The number of ether oxygens (including phenoxy) is 2. The lowest BCUT2D eigenvalue weighted by Crippen LogP contribution is -2.68. The number of nitrogens with two attached hydrogens (primary N) is 1. The average molecular weight is 949 g/mol. The molecule has 25 nitrogen and oxygen atoms in total. The average Bonchev–Trinajstić information content (AvgIpc) is 3.73. The first-order valence-corrected chi connectivity index (χ1v) is 21.8. The van der Waals surface area contributed by atoms with E-state index in [4.69, 9.17) is 16.6 Å². The SMILES string of the molecule is [3H]C1CC(=O)N(CCCCCC(=O)N[C@H](C(=O)N[C@@H](CCCNC(N)=O)C(=O)Nc2ccc(COC(=O)N(C)CCN(C)C(=O)OC[C@@H]3[C@@H](O)[C@H](O)[C@H](O)[C@H]4NC(=O)C(=O)N34)cc2)C(C)C)C1=O. The summed E-state index contributed by atoms with van der Waals surface area (Å²) in [5, 5.41) is 43.6. The van der Waals surface area contributed by atoms with Crippen molar-refractivity contribution in [3.63, 3.8) is 0 Å². The highest BCUT2D eigenvalue weighted by Gasteiger charge is 2.55. The number of rotatable bonds is 23. The summed E-state index contributed by atoms with van der Waals surface area (Å²) in [6.45, 7) is 2.90. The number of likely N-dealkylation sites (tertiary alicyclic amines) is 1. The molecule has 3 aliphatic rings. The van der Waals surface area contributed by atoms with E-state index in [2.05, 4.69) is 26.6 Å². The van der Waals surface area contributed by atoms with Gasteiger partial charge in [0.15, 0.2) is 0 Å². The summed E-state index contributed by atoms with van der Waals surface area (Å²) in [5.41, 5.74) is 6.04. The van der Waals surface area contributed by atoms with Gasteiger partial charge in [-0.25, -0.2) is 14.4 Å². The van der Waals surface area contributed by atoms with Crippen molar-refractivity contribution in [2.75, 3.05) is 52.2 Å². The van der Waals surface area contributed by atoms with Crippen LogP contribution in [0.5, 0.6) is 0 Å². The highest BCUT2D eigenvalue weighted by atomic mass is 16.6. The molecule has 1 unspecified atom stereocenters. The normalized spacial score (nSPS) is 22.2. The zero-order valence-electron chi connectivity index (χ0n) is 38.8. The number of primary amides is 1. The van der Waals surface area contributed by atoms with Gasteiger partial charge in [0.1, 0.15) is 49.8 Å². The number of urea groups is 1. The van der Waals surface area contributed by atoms with Gasteiger partial charge in [-0.05, 0) is 49.3 Å². The molecule has 8 atom stereocenters. The molecular weight excluding hydrogens is 885 g/mol. The number of likely N-dealkylation sites (N-methyl/N-ethyl adjacent to an activating group) is 2. The quantitative estimate of drug-likeness (QED) is 0.0319. The van der Waals surface area contributed by atoms with E-state index in [0.29, 0.717) is 30.5 Å². The summed E-state index contributed by atoms with van der Waals surface area (Å²) in [6, 6.07) is 2.07. The number of unbranched alkanes of at least 4 members (excludes halogenated alkanes) is 2. The Kier molecular flexibility index (Phi) is 19.0. The predicted octanol–water partition coefficient (Wildman–Crippen LogP) is -2.21. The number of benzene rings is 1. The summed E-state index contributed by atoms with van der Waals surface area (Å²) < 4.78 is 18.2. The molecule has 0 aliphatic carbocycles. The fraction of sp³-hybridized carbons (Fsp3) is 0.619. The Morgan fingerprint density at radius 1 is 0.866 bits per heavy atom. The van der Waals surface area contributed by atoms with Gasteiger partial charge in [0, 0.05) is 66.6 Å². The summed E-state index contributed by atoms with van der Waals surface area (Å²) in [5.74, 6) is -5.02. The lowest BCUT2D eigenvalue weighted by molar-refractivity contribution is -0.175. The number of piperidine rings is 1. The minimum absolute atomic E-state index is 0.0121. The highest BCUT2D eigenvalue weighted by molar-refractivity contribution is 6.37. The van der Waals surface area contributed by atoms with Crippen LogP contribution in [0.1, 0.15) is 72.1 Å². The number of imide groups is 1. The van der Waals surface area contributed by atoms with Crippen LogP contribution in [0.2, 0.25) is 0 Å².